The van der Waals surface area contributed by atoms with Crippen molar-refractivity contribution in [1.82, 2.24) is 5.16 Å². The van der Waals surface area contributed by atoms with Crippen molar-refractivity contribution in [3.05, 3.63) is 71.1 Å². The summed E-state index contributed by atoms with van der Waals surface area (Å²) >= 11 is 0. The van der Waals surface area contributed by atoms with Gasteiger partial charge in [0.05, 0.1) is 21.8 Å². The Hall–Kier alpha value is -2.94. The number of halogens is 2. The van der Waals surface area contributed by atoms with E-state index in [1.807, 2.05) is 0 Å². The van der Waals surface area contributed by atoms with Crippen molar-refractivity contribution in [1.29, 1.82) is 0 Å². The van der Waals surface area contributed by atoms with E-state index in [4.69, 9.17) is 9.26 Å². The summed E-state index contributed by atoms with van der Waals surface area (Å²) in [5, 5.41) is 3.86. The maximum atomic E-state index is 14.4. The third-order valence-electron chi connectivity index (χ3n) is 4.68. The molecule has 1 heterocycles. The Morgan fingerprint density at radius 2 is 1.77 bits per heavy atom. The van der Waals surface area contributed by atoms with Gasteiger partial charge in [0.2, 0.25) is 0 Å². The third kappa shape index (κ3) is 5.04. The van der Waals surface area contributed by atoms with Gasteiger partial charge in [0.1, 0.15) is 29.8 Å². The first-order valence-electron chi connectivity index (χ1n) is 9.72. The maximum absolute atomic E-state index is 14.4. The standard InChI is InChI=1S/C22H24F2N2O4S/c1-14(2)12-26(22-11-17(23)5-10-21(22)24)31(27,28)19-8-6-18(7-9-19)29-13-20-15(3)25-30-16(20)4/h5-11,14H,12-13H2,1-4H3. The van der Waals surface area contributed by atoms with Crippen molar-refractivity contribution in [2.75, 3.05) is 10.8 Å². The highest BCUT2D eigenvalue weighted by Crippen LogP contribution is 2.29. The first-order valence-corrected chi connectivity index (χ1v) is 11.2. The molecular weight excluding hydrogens is 426 g/mol. The lowest BCUT2D eigenvalue weighted by molar-refractivity contribution is 0.301. The number of aromatic nitrogens is 1. The van der Waals surface area contributed by atoms with Crippen LogP contribution in [-0.4, -0.2) is 20.1 Å². The van der Waals surface area contributed by atoms with Gasteiger partial charge in [0.15, 0.2) is 0 Å². The van der Waals surface area contributed by atoms with Crippen LogP contribution in [-0.2, 0) is 16.6 Å². The van der Waals surface area contributed by atoms with Gasteiger partial charge < -0.3 is 9.26 Å². The first kappa shape index (κ1) is 22.7. The second-order valence-electron chi connectivity index (χ2n) is 7.59. The minimum atomic E-state index is -4.13. The highest BCUT2D eigenvalue weighted by Gasteiger charge is 2.28. The van der Waals surface area contributed by atoms with Gasteiger partial charge in [-0.25, -0.2) is 17.2 Å². The number of rotatable bonds is 8. The molecule has 0 aliphatic carbocycles. The second kappa shape index (κ2) is 9.05. The van der Waals surface area contributed by atoms with Crippen molar-refractivity contribution in [3.8, 4) is 5.75 Å². The molecule has 0 aliphatic heterocycles. The first-order chi connectivity index (χ1) is 14.6. The van der Waals surface area contributed by atoms with Gasteiger partial charge in [0.25, 0.3) is 10.0 Å². The fraction of sp³-hybridized carbons (Fsp3) is 0.318. The molecule has 0 N–H and O–H groups in total. The molecule has 31 heavy (non-hydrogen) atoms. The third-order valence-corrected chi connectivity index (χ3v) is 6.48. The van der Waals surface area contributed by atoms with E-state index in [1.165, 1.54) is 24.3 Å². The van der Waals surface area contributed by atoms with E-state index in [-0.39, 0.29) is 29.7 Å². The van der Waals surface area contributed by atoms with Crippen LogP contribution < -0.4 is 9.04 Å². The predicted molar refractivity (Wildman–Crippen MR) is 112 cm³/mol. The number of ether oxygens (including phenoxy) is 1. The molecule has 3 aromatic rings. The SMILES string of the molecule is Cc1noc(C)c1COc1ccc(S(=O)(=O)N(CC(C)C)c2cc(F)ccc2F)cc1. The van der Waals surface area contributed by atoms with Crippen LogP contribution in [0.4, 0.5) is 14.5 Å². The summed E-state index contributed by atoms with van der Waals surface area (Å²) in [5.41, 5.74) is 1.21. The highest BCUT2D eigenvalue weighted by molar-refractivity contribution is 7.92. The van der Waals surface area contributed by atoms with Crippen molar-refractivity contribution in [2.45, 2.75) is 39.2 Å². The van der Waals surface area contributed by atoms with E-state index in [9.17, 15) is 17.2 Å². The van der Waals surface area contributed by atoms with Crippen LogP contribution in [0.2, 0.25) is 0 Å². The van der Waals surface area contributed by atoms with E-state index in [0.29, 0.717) is 11.5 Å². The molecular formula is C22H24F2N2O4S. The number of anilines is 1. The molecule has 0 bridgehead atoms. The van der Waals surface area contributed by atoms with Crippen LogP contribution in [0.5, 0.6) is 5.75 Å². The number of hydrogen-bond acceptors (Lipinski definition) is 5. The van der Waals surface area contributed by atoms with Gasteiger partial charge >= 0.3 is 0 Å². The van der Waals surface area contributed by atoms with E-state index >= 15 is 0 Å². The molecule has 0 unspecified atom stereocenters. The highest BCUT2D eigenvalue weighted by atomic mass is 32.2. The molecule has 0 amide bonds. The van der Waals surface area contributed by atoms with Crippen LogP contribution >= 0.6 is 0 Å². The number of benzene rings is 2. The summed E-state index contributed by atoms with van der Waals surface area (Å²) < 4.78 is 66.3. The van der Waals surface area contributed by atoms with Gasteiger partial charge in [-0.3, -0.25) is 4.31 Å². The Balaban J connectivity index is 1.87. The quantitative estimate of drug-likeness (QED) is 0.483. The van der Waals surface area contributed by atoms with E-state index in [2.05, 4.69) is 5.16 Å². The summed E-state index contributed by atoms with van der Waals surface area (Å²) in [6.07, 6.45) is 0. The summed E-state index contributed by atoms with van der Waals surface area (Å²) in [5.74, 6) is -0.548. The Kier molecular flexibility index (Phi) is 6.64. The summed E-state index contributed by atoms with van der Waals surface area (Å²) in [4.78, 5) is -0.0542. The van der Waals surface area contributed by atoms with Crippen molar-refractivity contribution < 1.29 is 26.5 Å². The largest absolute Gasteiger partial charge is 0.489 e. The lowest BCUT2D eigenvalue weighted by Gasteiger charge is -2.26. The van der Waals surface area contributed by atoms with E-state index in [1.54, 1.807) is 27.7 Å². The predicted octanol–water partition coefficient (Wildman–Crippen LogP) is 5.00. The summed E-state index contributed by atoms with van der Waals surface area (Å²) in [6.45, 7) is 7.40. The average Bonchev–Trinajstić information content (AvgIpc) is 3.04. The normalized spacial score (nSPS) is 11.7. The van der Waals surface area contributed by atoms with Crippen molar-refractivity contribution >= 4 is 15.7 Å². The van der Waals surface area contributed by atoms with Crippen LogP contribution in [0, 0.1) is 31.4 Å². The van der Waals surface area contributed by atoms with Crippen LogP contribution in [0.25, 0.3) is 0 Å². The lowest BCUT2D eigenvalue weighted by atomic mass is 10.2. The second-order valence-corrected chi connectivity index (χ2v) is 9.45. The number of nitrogens with zero attached hydrogens (tertiary/aromatic N) is 2. The molecule has 0 spiro atoms. The molecule has 0 atom stereocenters. The van der Waals surface area contributed by atoms with Gasteiger partial charge in [0, 0.05) is 12.6 Å². The molecule has 166 valence electrons. The minimum absolute atomic E-state index is 0.00694. The number of sulfonamides is 1. The smallest absolute Gasteiger partial charge is 0.264 e. The van der Waals surface area contributed by atoms with Crippen LogP contribution in [0.3, 0.4) is 0 Å². The zero-order valence-electron chi connectivity index (χ0n) is 17.7. The molecule has 0 fully saturated rings. The van der Waals surface area contributed by atoms with Gasteiger partial charge in [-0.1, -0.05) is 19.0 Å². The number of aryl methyl sites for hydroxylation is 2. The van der Waals surface area contributed by atoms with Crippen LogP contribution in [0.1, 0.15) is 30.9 Å². The zero-order chi connectivity index (χ0) is 22.8. The number of hydrogen-bond donors (Lipinski definition) is 0. The molecule has 6 nitrogen and oxygen atoms in total. The van der Waals surface area contributed by atoms with Gasteiger partial charge in [-0.2, -0.15) is 0 Å². The van der Waals surface area contributed by atoms with Crippen molar-refractivity contribution in [3.63, 3.8) is 0 Å². The van der Waals surface area contributed by atoms with E-state index < -0.39 is 21.7 Å². The average molecular weight is 451 g/mol. The van der Waals surface area contributed by atoms with Crippen molar-refractivity contribution in [2.24, 2.45) is 5.92 Å². The Labute approximate surface area is 180 Å². The fourth-order valence-corrected chi connectivity index (χ4v) is 4.66. The van der Waals surface area contributed by atoms with Crippen LogP contribution in [0.15, 0.2) is 51.9 Å². The molecule has 1 aromatic heterocycles. The molecule has 9 heteroatoms. The minimum Gasteiger partial charge on any atom is -0.489 e. The fourth-order valence-electron chi connectivity index (χ4n) is 3.03. The molecule has 0 radical (unpaired) electrons. The molecule has 0 saturated heterocycles. The Morgan fingerprint density at radius 1 is 1.10 bits per heavy atom. The Morgan fingerprint density at radius 3 is 2.35 bits per heavy atom. The monoisotopic (exact) mass is 450 g/mol. The van der Waals surface area contributed by atoms with E-state index in [0.717, 1.165) is 33.8 Å². The molecule has 2 aromatic carbocycles. The Bertz CT molecular complexity index is 1140. The topological polar surface area (TPSA) is 72.6 Å². The summed E-state index contributed by atoms with van der Waals surface area (Å²) in [7, 11) is -4.13. The summed E-state index contributed by atoms with van der Waals surface area (Å²) in [6, 6.07) is 8.53. The molecule has 3 rings (SSSR count). The lowest BCUT2D eigenvalue weighted by Crippen LogP contribution is -2.35. The maximum Gasteiger partial charge on any atom is 0.264 e. The van der Waals surface area contributed by atoms with Gasteiger partial charge in [-0.05, 0) is 56.2 Å². The zero-order valence-corrected chi connectivity index (χ0v) is 18.5. The molecule has 0 aliphatic rings. The van der Waals surface area contributed by atoms with Gasteiger partial charge in [-0.15, -0.1) is 0 Å². The molecule has 0 saturated carbocycles.